The molecule has 5 nitrogen and oxygen atoms in total. The van der Waals surface area contributed by atoms with Crippen molar-refractivity contribution in [2.75, 3.05) is 6.61 Å². The van der Waals surface area contributed by atoms with Crippen molar-refractivity contribution in [2.45, 2.75) is 25.9 Å². The Morgan fingerprint density at radius 2 is 1.94 bits per heavy atom. The van der Waals surface area contributed by atoms with Gasteiger partial charge < -0.3 is 15.8 Å². The molecular formula is C13H18N2O3. The van der Waals surface area contributed by atoms with Gasteiger partial charge in [0.1, 0.15) is 12.1 Å². The molecule has 0 spiro atoms. The molecule has 0 aliphatic heterocycles. The summed E-state index contributed by atoms with van der Waals surface area (Å²) in [5.74, 6) is -0.868. The molecule has 98 valence electrons. The Hall–Kier alpha value is -1.88. The van der Waals surface area contributed by atoms with Gasteiger partial charge in [-0.15, -0.1) is 0 Å². The zero-order valence-electron chi connectivity index (χ0n) is 10.6. The number of hydrogen-bond donors (Lipinski definition) is 2. The Balaban J connectivity index is 2.58. The average Bonchev–Trinajstić information content (AvgIpc) is 2.39. The summed E-state index contributed by atoms with van der Waals surface area (Å²) >= 11 is 0. The number of carbonyl (C=O) groups is 2. The molecule has 3 N–H and O–H groups in total. The lowest BCUT2D eigenvalue weighted by Gasteiger charge is -2.16. The van der Waals surface area contributed by atoms with Gasteiger partial charge in [-0.05, 0) is 19.4 Å². The van der Waals surface area contributed by atoms with Crippen molar-refractivity contribution in [2.24, 2.45) is 5.73 Å². The first-order valence-electron chi connectivity index (χ1n) is 5.83. The van der Waals surface area contributed by atoms with Crippen LogP contribution < -0.4 is 11.1 Å². The topological polar surface area (TPSA) is 81.4 Å². The second-order valence-electron chi connectivity index (χ2n) is 3.87. The third-order valence-electron chi connectivity index (χ3n) is 2.44. The Labute approximate surface area is 106 Å². The van der Waals surface area contributed by atoms with Crippen molar-refractivity contribution in [3.63, 3.8) is 0 Å². The SMILES string of the molecule is CCOC(=O)C(C)NC(=O)C(N)c1ccccc1. The fourth-order valence-electron chi connectivity index (χ4n) is 1.44. The molecule has 0 radical (unpaired) electrons. The number of esters is 1. The Kier molecular flexibility index (Phi) is 5.32. The molecule has 1 aromatic carbocycles. The smallest absolute Gasteiger partial charge is 0.328 e. The molecule has 2 unspecified atom stereocenters. The first kappa shape index (κ1) is 14.2. The summed E-state index contributed by atoms with van der Waals surface area (Å²) in [6.07, 6.45) is 0. The van der Waals surface area contributed by atoms with Crippen LogP contribution in [0.15, 0.2) is 30.3 Å². The highest BCUT2D eigenvalue weighted by Gasteiger charge is 2.21. The standard InChI is InChI=1S/C13H18N2O3/c1-3-18-13(17)9(2)15-12(16)11(14)10-7-5-4-6-8-10/h4-9,11H,3,14H2,1-2H3,(H,15,16). The third kappa shape index (κ3) is 3.85. The fourth-order valence-corrected chi connectivity index (χ4v) is 1.44. The van der Waals surface area contributed by atoms with Gasteiger partial charge in [-0.3, -0.25) is 4.79 Å². The predicted octanol–water partition coefficient (Wildman–Crippen LogP) is 0.754. The first-order chi connectivity index (χ1) is 8.56. The third-order valence-corrected chi connectivity index (χ3v) is 2.44. The van der Waals surface area contributed by atoms with Crippen LogP contribution >= 0.6 is 0 Å². The highest BCUT2D eigenvalue weighted by Crippen LogP contribution is 2.09. The average molecular weight is 250 g/mol. The maximum absolute atomic E-state index is 11.8. The summed E-state index contributed by atoms with van der Waals surface area (Å²) in [5, 5.41) is 2.52. The van der Waals surface area contributed by atoms with Crippen LogP contribution in [0.25, 0.3) is 0 Å². The molecule has 5 heteroatoms. The first-order valence-corrected chi connectivity index (χ1v) is 5.83. The van der Waals surface area contributed by atoms with Gasteiger partial charge in [0.05, 0.1) is 6.61 Å². The van der Waals surface area contributed by atoms with E-state index < -0.39 is 24.0 Å². The van der Waals surface area contributed by atoms with E-state index in [1.807, 2.05) is 6.07 Å². The van der Waals surface area contributed by atoms with Crippen molar-refractivity contribution in [3.05, 3.63) is 35.9 Å². The zero-order chi connectivity index (χ0) is 13.5. The molecule has 0 aliphatic rings. The van der Waals surface area contributed by atoms with Crippen molar-refractivity contribution >= 4 is 11.9 Å². The maximum Gasteiger partial charge on any atom is 0.328 e. The molecular weight excluding hydrogens is 232 g/mol. The Bertz CT molecular complexity index is 406. The number of nitrogens with one attached hydrogen (secondary N) is 1. The van der Waals surface area contributed by atoms with E-state index in [-0.39, 0.29) is 6.61 Å². The van der Waals surface area contributed by atoms with E-state index in [0.29, 0.717) is 5.56 Å². The quantitative estimate of drug-likeness (QED) is 0.756. The van der Waals surface area contributed by atoms with Crippen LogP contribution in [0.1, 0.15) is 25.5 Å². The molecule has 0 saturated carbocycles. The normalized spacial score (nSPS) is 13.5. The zero-order valence-corrected chi connectivity index (χ0v) is 10.6. The van der Waals surface area contributed by atoms with Gasteiger partial charge in [-0.2, -0.15) is 0 Å². The number of rotatable bonds is 5. The summed E-state index contributed by atoms with van der Waals surface area (Å²) in [5.41, 5.74) is 6.50. The minimum atomic E-state index is -0.789. The van der Waals surface area contributed by atoms with Gasteiger partial charge in [-0.25, -0.2) is 4.79 Å². The van der Waals surface area contributed by atoms with E-state index in [1.54, 1.807) is 38.1 Å². The van der Waals surface area contributed by atoms with Crippen LogP contribution in [-0.4, -0.2) is 24.5 Å². The maximum atomic E-state index is 11.8. The molecule has 0 bridgehead atoms. The van der Waals surface area contributed by atoms with Crippen LogP contribution in [0, 0.1) is 0 Å². The molecule has 18 heavy (non-hydrogen) atoms. The fraction of sp³-hybridized carbons (Fsp3) is 0.385. The van der Waals surface area contributed by atoms with Crippen molar-refractivity contribution in [1.82, 2.24) is 5.32 Å². The molecule has 0 saturated heterocycles. The van der Waals surface area contributed by atoms with Gasteiger partial charge in [0.2, 0.25) is 5.91 Å². The van der Waals surface area contributed by atoms with Gasteiger partial charge in [-0.1, -0.05) is 30.3 Å². The molecule has 1 aromatic rings. The highest BCUT2D eigenvalue weighted by atomic mass is 16.5. The van der Waals surface area contributed by atoms with E-state index in [9.17, 15) is 9.59 Å². The van der Waals surface area contributed by atoms with Gasteiger partial charge in [0.25, 0.3) is 0 Å². The minimum absolute atomic E-state index is 0.282. The van der Waals surface area contributed by atoms with E-state index in [4.69, 9.17) is 10.5 Å². The van der Waals surface area contributed by atoms with Gasteiger partial charge in [0, 0.05) is 0 Å². The van der Waals surface area contributed by atoms with E-state index in [0.717, 1.165) is 0 Å². The second kappa shape index (κ2) is 6.76. The van der Waals surface area contributed by atoms with Crippen LogP contribution in [0.2, 0.25) is 0 Å². The molecule has 0 heterocycles. The number of hydrogen-bond acceptors (Lipinski definition) is 4. The van der Waals surface area contributed by atoms with E-state index in [2.05, 4.69) is 5.32 Å². The summed E-state index contributed by atoms with van der Waals surface area (Å²) in [6.45, 7) is 3.56. The summed E-state index contributed by atoms with van der Waals surface area (Å²) in [7, 11) is 0. The molecule has 0 aromatic heterocycles. The van der Waals surface area contributed by atoms with Crippen LogP contribution in [0.3, 0.4) is 0 Å². The molecule has 0 fully saturated rings. The van der Waals surface area contributed by atoms with Crippen molar-refractivity contribution in [1.29, 1.82) is 0 Å². The van der Waals surface area contributed by atoms with Crippen LogP contribution in [-0.2, 0) is 14.3 Å². The van der Waals surface area contributed by atoms with Gasteiger partial charge >= 0.3 is 5.97 Å². The lowest BCUT2D eigenvalue weighted by atomic mass is 10.1. The number of amides is 1. The van der Waals surface area contributed by atoms with Crippen LogP contribution in [0.5, 0.6) is 0 Å². The Morgan fingerprint density at radius 3 is 2.50 bits per heavy atom. The number of nitrogens with two attached hydrogens (primary N) is 1. The number of ether oxygens (including phenoxy) is 1. The van der Waals surface area contributed by atoms with Gasteiger partial charge in [0.15, 0.2) is 0 Å². The number of benzene rings is 1. The Morgan fingerprint density at radius 1 is 1.33 bits per heavy atom. The number of carbonyl (C=O) groups excluding carboxylic acids is 2. The highest BCUT2D eigenvalue weighted by molar-refractivity contribution is 5.87. The van der Waals surface area contributed by atoms with E-state index in [1.165, 1.54) is 0 Å². The van der Waals surface area contributed by atoms with Crippen molar-refractivity contribution < 1.29 is 14.3 Å². The predicted molar refractivity (Wildman–Crippen MR) is 67.6 cm³/mol. The minimum Gasteiger partial charge on any atom is -0.464 e. The lowest BCUT2D eigenvalue weighted by Crippen LogP contribution is -2.43. The molecule has 0 aliphatic carbocycles. The van der Waals surface area contributed by atoms with E-state index >= 15 is 0 Å². The van der Waals surface area contributed by atoms with Crippen molar-refractivity contribution in [3.8, 4) is 0 Å². The largest absolute Gasteiger partial charge is 0.464 e. The summed E-state index contributed by atoms with van der Waals surface area (Å²) in [6, 6.07) is 7.48. The molecule has 1 rings (SSSR count). The van der Waals surface area contributed by atoms with Crippen LogP contribution in [0.4, 0.5) is 0 Å². The second-order valence-corrected chi connectivity index (χ2v) is 3.87. The summed E-state index contributed by atoms with van der Waals surface area (Å²) in [4.78, 5) is 23.2. The molecule has 2 atom stereocenters. The molecule has 1 amide bonds. The lowest BCUT2D eigenvalue weighted by molar-refractivity contribution is -0.147. The monoisotopic (exact) mass is 250 g/mol. The summed E-state index contributed by atoms with van der Waals surface area (Å²) < 4.78 is 4.80.